The first-order chi connectivity index (χ1) is 6.64. The minimum atomic E-state index is -3.11. The van der Waals surface area contributed by atoms with Crippen LogP contribution in [0, 0.1) is 0 Å². The lowest BCUT2D eigenvalue weighted by atomic mass is 10.2. The summed E-state index contributed by atoms with van der Waals surface area (Å²) in [6.07, 6.45) is 1.01. The first-order valence-corrected chi connectivity index (χ1v) is 6.20. The lowest BCUT2D eigenvalue weighted by Gasteiger charge is -2.05. The molecule has 0 aliphatic carbocycles. The summed E-state index contributed by atoms with van der Waals surface area (Å²) in [6.45, 7) is 3.42. The van der Waals surface area contributed by atoms with E-state index in [0.717, 1.165) is 11.8 Å². The van der Waals surface area contributed by atoms with Gasteiger partial charge in [0.1, 0.15) is 0 Å². The molecule has 0 saturated heterocycles. The van der Waals surface area contributed by atoms with E-state index in [4.69, 9.17) is 4.18 Å². The SMILES string of the molecule is C=COS(=O)(=S)OCc1ccccc1. The topological polar surface area (TPSA) is 35.5 Å². The monoisotopic (exact) mass is 230 g/mol. The zero-order valence-electron chi connectivity index (χ0n) is 7.42. The molecule has 3 nitrogen and oxygen atoms in total. The van der Waals surface area contributed by atoms with Gasteiger partial charge in [0, 0.05) is 0 Å². The molecule has 1 rings (SSSR count). The maximum atomic E-state index is 11.3. The first kappa shape index (κ1) is 11.2. The Morgan fingerprint density at radius 1 is 1.43 bits per heavy atom. The Bertz CT molecular complexity index is 384. The Morgan fingerprint density at radius 3 is 2.64 bits per heavy atom. The quantitative estimate of drug-likeness (QED) is 0.724. The Labute approximate surface area is 88.4 Å². The molecule has 1 atom stereocenters. The lowest BCUT2D eigenvalue weighted by molar-refractivity contribution is 0.286. The van der Waals surface area contributed by atoms with E-state index < -0.39 is 9.05 Å². The average molecular weight is 230 g/mol. The van der Waals surface area contributed by atoms with Gasteiger partial charge >= 0.3 is 9.05 Å². The molecule has 0 aliphatic rings. The van der Waals surface area contributed by atoms with Crippen molar-refractivity contribution in [3.05, 3.63) is 48.7 Å². The summed E-state index contributed by atoms with van der Waals surface area (Å²) in [5.41, 5.74) is 0.887. The van der Waals surface area contributed by atoms with E-state index in [-0.39, 0.29) is 6.61 Å². The van der Waals surface area contributed by atoms with Crippen LogP contribution in [0.2, 0.25) is 0 Å². The zero-order valence-corrected chi connectivity index (χ0v) is 9.05. The molecule has 0 aliphatic heterocycles. The van der Waals surface area contributed by atoms with Crippen LogP contribution in [-0.4, -0.2) is 4.21 Å². The summed E-state index contributed by atoms with van der Waals surface area (Å²) in [4.78, 5) is 0. The fraction of sp³-hybridized carbons (Fsp3) is 0.111. The highest BCUT2D eigenvalue weighted by atomic mass is 32.9. The molecule has 76 valence electrons. The van der Waals surface area contributed by atoms with Crippen molar-refractivity contribution in [1.29, 1.82) is 0 Å². The molecule has 0 fully saturated rings. The van der Waals surface area contributed by atoms with Crippen molar-refractivity contribution in [1.82, 2.24) is 0 Å². The van der Waals surface area contributed by atoms with E-state index >= 15 is 0 Å². The minimum Gasteiger partial charge on any atom is -0.390 e. The standard InChI is InChI=1S/C9H10O3S2/c1-2-11-14(10,13)12-8-9-6-4-3-5-7-9/h2-7H,1,8H2. The van der Waals surface area contributed by atoms with Crippen molar-refractivity contribution in [3.8, 4) is 0 Å². The van der Waals surface area contributed by atoms with Gasteiger partial charge in [-0.25, -0.2) is 0 Å². The molecule has 0 heterocycles. The van der Waals surface area contributed by atoms with Gasteiger partial charge in [-0.2, -0.15) is 4.21 Å². The number of benzene rings is 1. The highest BCUT2D eigenvalue weighted by Crippen LogP contribution is 2.05. The molecule has 1 unspecified atom stereocenters. The van der Waals surface area contributed by atoms with Gasteiger partial charge < -0.3 is 4.18 Å². The maximum Gasteiger partial charge on any atom is 0.314 e. The van der Waals surface area contributed by atoms with Gasteiger partial charge in [-0.15, -0.1) is 0 Å². The highest BCUT2D eigenvalue weighted by Gasteiger charge is 2.04. The van der Waals surface area contributed by atoms with Crippen LogP contribution < -0.4 is 0 Å². The zero-order chi connectivity index (χ0) is 10.4. The van der Waals surface area contributed by atoms with E-state index in [2.05, 4.69) is 22.0 Å². The molecule has 0 bridgehead atoms. The lowest BCUT2D eigenvalue weighted by Crippen LogP contribution is -2.05. The second kappa shape index (κ2) is 5.09. The normalized spacial score (nSPS) is 14.3. The fourth-order valence-electron chi connectivity index (χ4n) is 0.826. The van der Waals surface area contributed by atoms with Crippen LogP contribution in [0.3, 0.4) is 0 Å². The third-order valence-corrected chi connectivity index (χ3v) is 2.70. The van der Waals surface area contributed by atoms with E-state index in [1.54, 1.807) is 0 Å². The average Bonchev–Trinajstić information content (AvgIpc) is 2.17. The molecule has 0 amide bonds. The van der Waals surface area contributed by atoms with Crippen molar-refractivity contribution in [2.75, 3.05) is 0 Å². The van der Waals surface area contributed by atoms with Gasteiger partial charge in [0.05, 0.1) is 24.1 Å². The van der Waals surface area contributed by atoms with Gasteiger partial charge in [0.15, 0.2) is 0 Å². The predicted octanol–water partition coefficient (Wildman–Crippen LogP) is 1.94. The molecule has 1 aromatic carbocycles. The molecular weight excluding hydrogens is 220 g/mol. The summed E-state index contributed by atoms with van der Waals surface area (Å²) in [5.74, 6) is 0. The second-order valence-electron chi connectivity index (χ2n) is 2.42. The molecule has 14 heavy (non-hydrogen) atoms. The summed E-state index contributed by atoms with van der Waals surface area (Å²) in [7, 11) is -3.11. The Hall–Kier alpha value is -0.910. The van der Waals surface area contributed by atoms with Crippen LogP contribution in [0.4, 0.5) is 0 Å². The van der Waals surface area contributed by atoms with Crippen LogP contribution in [0.5, 0.6) is 0 Å². The maximum absolute atomic E-state index is 11.3. The van der Waals surface area contributed by atoms with Crippen molar-refractivity contribution in [2.45, 2.75) is 6.61 Å². The van der Waals surface area contributed by atoms with Crippen molar-refractivity contribution < 1.29 is 12.6 Å². The first-order valence-electron chi connectivity index (χ1n) is 3.86. The smallest absolute Gasteiger partial charge is 0.314 e. The van der Waals surface area contributed by atoms with Crippen LogP contribution in [0.25, 0.3) is 0 Å². The van der Waals surface area contributed by atoms with Gasteiger partial charge in [-0.3, -0.25) is 4.18 Å². The summed E-state index contributed by atoms with van der Waals surface area (Å²) in [5, 5.41) is 0. The number of hydrogen-bond acceptors (Lipinski definition) is 4. The van der Waals surface area contributed by atoms with Gasteiger partial charge in [-0.05, 0) is 5.56 Å². The Kier molecular flexibility index (Phi) is 4.06. The molecule has 0 radical (unpaired) electrons. The van der Waals surface area contributed by atoms with Crippen molar-refractivity contribution in [2.24, 2.45) is 0 Å². The van der Waals surface area contributed by atoms with Crippen LogP contribution in [0.15, 0.2) is 43.2 Å². The third kappa shape index (κ3) is 3.87. The van der Waals surface area contributed by atoms with E-state index in [9.17, 15) is 4.21 Å². The molecular formula is C9H10O3S2. The van der Waals surface area contributed by atoms with Crippen LogP contribution in [0.1, 0.15) is 5.56 Å². The number of rotatable bonds is 5. The van der Waals surface area contributed by atoms with Crippen LogP contribution >= 0.6 is 0 Å². The second-order valence-corrected chi connectivity index (χ2v) is 4.89. The molecule has 0 saturated carbocycles. The predicted molar refractivity (Wildman–Crippen MR) is 58.0 cm³/mol. The molecule has 0 N–H and O–H groups in total. The fourth-order valence-corrected chi connectivity index (χ4v) is 1.64. The van der Waals surface area contributed by atoms with Crippen molar-refractivity contribution in [3.63, 3.8) is 0 Å². The minimum absolute atomic E-state index is 0.164. The molecule has 1 aromatic rings. The van der Waals surface area contributed by atoms with E-state index in [0.29, 0.717) is 0 Å². The molecule has 5 heteroatoms. The van der Waals surface area contributed by atoms with Gasteiger partial charge in [0.25, 0.3) is 0 Å². The third-order valence-electron chi connectivity index (χ3n) is 1.40. The summed E-state index contributed by atoms with van der Waals surface area (Å²) in [6, 6.07) is 9.29. The molecule has 0 spiro atoms. The molecule has 0 aromatic heterocycles. The van der Waals surface area contributed by atoms with Gasteiger partial charge in [-0.1, -0.05) is 36.9 Å². The number of hydrogen-bond donors (Lipinski definition) is 0. The summed E-state index contributed by atoms with van der Waals surface area (Å²) < 4.78 is 20.7. The largest absolute Gasteiger partial charge is 0.390 e. The highest BCUT2D eigenvalue weighted by molar-refractivity contribution is 8.27. The van der Waals surface area contributed by atoms with E-state index in [1.807, 2.05) is 30.3 Å². The Balaban J connectivity index is 2.53. The van der Waals surface area contributed by atoms with E-state index in [1.165, 1.54) is 0 Å². The summed E-state index contributed by atoms with van der Waals surface area (Å²) >= 11 is 4.55. The van der Waals surface area contributed by atoms with Crippen LogP contribution in [-0.2, 0) is 35.2 Å². The van der Waals surface area contributed by atoms with Gasteiger partial charge in [0.2, 0.25) is 0 Å². The van der Waals surface area contributed by atoms with Crippen molar-refractivity contribution >= 4 is 20.2 Å². The Morgan fingerprint density at radius 2 is 2.07 bits per heavy atom.